The number of benzene rings is 1. The van der Waals surface area contributed by atoms with Crippen LogP contribution in [-0.4, -0.2) is 55.6 Å². The molecule has 0 bridgehead atoms. The van der Waals surface area contributed by atoms with Gasteiger partial charge in [0.15, 0.2) is 11.5 Å². The average Bonchev–Trinajstić information content (AvgIpc) is 3.49. The van der Waals surface area contributed by atoms with Crippen LogP contribution in [0.3, 0.4) is 0 Å². The number of fused-ring (bicyclic) bond motifs is 1. The van der Waals surface area contributed by atoms with Gasteiger partial charge in [0.2, 0.25) is 6.79 Å². The Labute approximate surface area is 202 Å². The smallest absolute Gasteiger partial charge is 0.252 e. The number of H-pyrrole nitrogens is 1. The van der Waals surface area contributed by atoms with Crippen LogP contribution in [0.25, 0.3) is 10.4 Å². The highest BCUT2D eigenvalue weighted by Gasteiger charge is 2.30. The minimum Gasteiger partial charge on any atom is -0.454 e. The van der Waals surface area contributed by atoms with Gasteiger partial charge in [-0.15, -0.1) is 11.3 Å². The van der Waals surface area contributed by atoms with E-state index in [-0.39, 0.29) is 12.4 Å². The van der Waals surface area contributed by atoms with Crippen LogP contribution in [0.15, 0.2) is 45.4 Å². The number of nitrogens with zero attached hydrogens (tertiary/aromatic N) is 2. The summed E-state index contributed by atoms with van der Waals surface area (Å²) in [4.78, 5) is 18.0. The summed E-state index contributed by atoms with van der Waals surface area (Å²) in [5.41, 5.74) is 3.33. The van der Waals surface area contributed by atoms with E-state index in [0.717, 1.165) is 39.7 Å². The fraction of sp³-hybridized carbons (Fsp3) is 0.375. The SMILES string of the molecule is CCc1cc(-c2ccc(S(=O)(=O)N3CCN(Cc4ccc5c(c4)OCO5)CC3)s2)c(C)[nH]c1=O. The molecule has 0 aliphatic carbocycles. The van der Waals surface area contributed by atoms with Gasteiger partial charge >= 0.3 is 0 Å². The number of hydrogen-bond donors (Lipinski definition) is 1. The molecule has 1 saturated heterocycles. The number of nitrogens with one attached hydrogen (secondary N) is 1. The molecule has 1 N–H and O–H groups in total. The molecule has 5 rings (SSSR count). The van der Waals surface area contributed by atoms with Crippen LogP contribution >= 0.6 is 11.3 Å². The quantitative estimate of drug-likeness (QED) is 0.558. The molecule has 0 radical (unpaired) electrons. The molecule has 0 unspecified atom stereocenters. The van der Waals surface area contributed by atoms with Gasteiger partial charge in [0.05, 0.1) is 0 Å². The molecule has 2 aliphatic heterocycles. The maximum Gasteiger partial charge on any atom is 0.252 e. The van der Waals surface area contributed by atoms with Crippen molar-refractivity contribution in [1.82, 2.24) is 14.2 Å². The highest BCUT2D eigenvalue weighted by Crippen LogP contribution is 2.35. The number of hydrogen-bond acceptors (Lipinski definition) is 7. The molecule has 8 nitrogen and oxygen atoms in total. The minimum atomic E-state index is -3.57. The summed E-state index contributed by atoms with van der Waals surface area (Å²) in [7, 11) is -3.57. The Bertz CT molecular complexity index is 1370. The Morgan fingerprint density at radius 3 is 2.56 bits per heavy atom. The van der Waals surface area contributed by atoms with Crippen molar-refractivity contribution in [1.29, 1.82) is 0 Å². The first kappa shape index (κ1) is 23.1. The van der Waals surface area contributed by atoms with Crippen LogP contribution in [-0.2, 0) is 23.0 Å². The number of sulfonamides is 1. The van der Waals surface area contributed by atoms with E-state index in [0.29, 0.717) is 42.4 Å². The zero-order chi connectivity index (χ0) is 23.9. The Kier molecular flexibility index (Phi) is 6.24. The summed E-state index contributed by atoms with van der Waals surface area (Å²) < 4.78 is 39.3. The number of aromatic nitrogens is 1. The van der Waals surface area contributed by atoms with E-state index in [9.17, 15) is 13.2 Å². The summed E-state index contributed by atoms with van der Waals surface area (Å²) in [6.07, 6.45) is 0.621. The first-order chi connectivity index (χ1) is 16.3. The summed E-state index contributed by atoms with van der Waals surface area (Å²) in [6, 6.07) is 11.3. The molecule has 180 valence electrons. The van der Waals surface area contributed by atoms with E-state index >= 15 is 0 Å². The number of thiophene rings is 1. The maximum absolute atomic E-state index is 13.3. The van der Waals surface area contributed by atoms with E-state index in [1.165, 1.54) is 11.3 Å². The number of pyridine rings is 1. The summed E-state index contributed by atoms with van der Waals surface area (Å²) >= 11 is 1.25. The van der Waals surface area contributed by atoms with Crippen molar-refractivity contribution in [2.75, 3.05) is 33.0 Å². The topological polar surface area (TPSA) is 91.9 Å². The zero-order valence-corrected chi connectivity index (χ0v) is 20.8. The van der Waals surface area contributed by atoms with Crippen LogP contribution in [0.2, 0.25) is 0 Å². The number of aromatic amines is 1. The van der Waals surface area contributed by atoms with Gasteiger partial charge in [0.1, 0.15) is 4.21 Å². The molecule has 0 amide bonds. The van der Waals surface area contributed by atoms with Crippen molar-refractivity contribution in [3.8, 4) is 21.9 Å². The molecule has 1 aromatic carbocycles. The fourth-order valence-corrected chi connectivity index (χ4v) is 7.30. The van der Waals surface area contributed by atoms with Crippen molar-refractivity contribution in [3.63, 3.8) is 0 Å². The first-order valence-electron chi connectivity index (χ1n) is 11.3. The zero-order valence-electron chi connectivity index (χ0n) is 19.2. The lowest BCUT2D eigenvalue weighted by atomic mass is 10.1. The number of piperazine rings is 1. The van der Waals surface area contributed by atoms with Crippen LogP contribution in [0.4, 0.5) is 0 Å². The molecule has 0 spiro atoms. The second kappa shape index (κ2) is 9.18. The maximum atomic E-state index is 13.3. The molecule has 10 heteroatoms. The third-order valence-electron chi connectivity index (χ3n) is 6.31. The molecular weight excluding hydrogens is 474 g/mol. The lowest BCUT2D eigenvalue weighted by Crippen LogP contribution is -2.48. The second-order valence-electron chi connectivity index (χ2n) is 8.50. The van der Waals surface area contributed by atoms with Crippen molar-refractivity contribution < 1.29 is 17.9 Å². The van der Waals surface area contributed by atoms with Gasteiger partial charge in [0.25, 0.3) is 15.6 Å². The van der Waals surface area contributed by atoms with Crippen molar-refractivity contribution in [2.45, 2.75) is 31.0 Å². The highest BCUT2D eigenvalue weighted by molar-refractivity contribution is 7.91. The number of aryl methyl sites for hydroxylation is 2. The summed E-state index contributed by atoms with van der Waals surface area (Å²) in [5, 5.41) is 0. The van der Waals surface area contributed by atoms with Gasteiger partial charge in [-0.25, -0.2) is 8.42 Å². The van der Waals surface area contributed by atoms with Crippen LogP contribution in [0, 0.1) is 6.92 Å². The van der Waals surface area contributed by atoms with Crippen LogP contribution < -0.4 is 15.0 Å². The Morgan fingerprint density at radius 1 is 1.03 bits per heavy atom. The molecule has 2 aliphatic rings. The molecule has 0 atom stereocenters. The largest absolute Gasteiger partial charge is 0.454 e. The predicted molar refractivity (Wildman–Crippen MR) is 131 cm³/mol. The highest BCUT2D eigenvalue weighted by atomic mass is 32.2. The Morgan fingerprint density at radius 2 is 1.79 bits per heavy atom. The monoisotopic (exact) mass is 501 g/mol. The lowest BCUT2D eigenvalue weighted by Gasteiger charge is -2.33. The van der Waals surface area contributed by atoms with Gasteiger partial charge in [-0.1, -0.05) is 13.0 Å². The predicted octanol–water partition coefficient (Wildman–Crippen LogP) is 3.21. The fourth-order valence-electron chi connectivity index (χ4n) is 4.34. The minimum absolute atomic E-state index is 0.0910. The first-order valence-corrected chi connectivity index (χ1v) is 13.5. The van der Waals surface area contributed by atoms with E-state index in [1.807, 2.05) is 44.2 Å². The molecule has 4 heterocycles. The second-order valence-corrected chi connectivity index (χ2v) is 11.8. The van der Waals surface area contributed by atoms with E-state index < -0.39 is 10.0 Å². The van der Waals surface area contributed by atoms with E-state index in [2.05, 4.69) is 9.88 Å². The Balaban J connectivity index is 1.27. The molecule has 34 heavy (non-hydrogen) atoms. The van der Waals surface area contributed by atoms with Crippen molar-refractivity contribution in [2.24, 2.45) is 0 Å². The molecule has 1 fully saturated rings. The van der Waals surface area contributed by atoms with E-state index in [4.69, 9.17) is 9.47 Å². The Hall–Kier alpha value is -2.66. The standard InChI is InChI=1S/C24H27N3O5S2/c1-3-18-13-19(16(2)25-24(18)28)22-6-7-23(33-22)34(29,30)27-10-8-26(9-11-27)14-17-4-5-20-21(12-17)32-15-31-20/h4-7,12-13H,3,8-11,14-15H2,1-2H3,(H,25,28). The van der Waals surface area contributed by atoms with Crippen LogP contribution in [0.1, 0.15) is 23.7 Å². The molecule has 3 aromatic rings. The third kappa shape index (κ3) is 4.38. The molecule has 2 aromatic heterocycles. The van der Waals surface area contributed by atoms with Gasteiger partial charge < -0.3 is 14.5 Å². The number of ether oxygens (including phenoxy) is 2. The molecular formula is C24H27N3O5S2. The van der Waals surface area contributed by atoms with Gasteiger partial charge in [-0.2, -0.15) is 4.31 Å². The van der Waals surface area contributed by atoms with Crippen molar-refractivity contribution in [3.05, 3.63) is 63.6 Å². The normalized spacial score (nSPS) is 16.8. The average molecular weight is 502 g/mol. The lowest BCUT2D eigenvalue weighted by molar-refractivity contribution is 0.173. The van der Waals surface area contributed by atoms with Gasteiger partial charge in [-0.3, -0.25) is 9.69 Å². The van der Waals surface area contributed by atoms with Gasteiger partial charge in [0, 0.05) is 54.4 Å². The third-order valence-corrected chi connectivity index (χ3v) is 9.80. The van der Waals surface area contributed by atoms with E-state index in [1.54, 1.807) is 10.4 Å². The van der Waals surface area contributed by atoms with Gasteiger partial charge in [-0.05, 0) is 49.2 Å². The molecule has 0 saturated carbocycles. The summed E-state index contributed by atoms with van der Waals surface area (Å²) in [6.45, 7) is 6.95. The number of rotatable bonds is 6. The van der Waals surface area contributed by atoms with Crippen LogP contribution in [0.5, 0.6) is 11.5 Å². The summed E-state index contributed by atoms with van der Waals surface area (Å²) in [5.74, 6) is 1.52. The van der Waals surface area contributed by atoms with Crippen molar-refractivity contribution >= 4 is 21.4 Å².